The van der Waals surface area contributed by atoms with Crippen molar-refractivity contribution in [1.82, 2.24) is 0 Å². The molecular formula is C21H38O4. The Morgan fingerprint density at radius 1 is 0.880 bits per heavy atom. The van der Waals surface area contributed by atoms with Crippen molar-refractivity contribution in [2.24, 2.45) is 11.3 Å². The molecule has 0 radical (unpaired) electrons. The molecule has 0 aromatic carbocycles. The van der Waals surface area contributed by atoms with Crippen LogP contribution in [-0.2, 0) is 14.3 Å². The smallest absolute Gasteiger partial charge is 0.309 e. The Hall–Kier alpha value is -0.610. The van der Waals surface area contributed by atoms with Gasteiger partial charge >= 0.3 is 5.97 Å². The number of carboxylic acids is 1. The molecule has 4 heteroatoms. The molecule has 0 unspecified atom stereocenters. The van der Waals surface area contributed by atoms with Crippen LogP contribution in [0.3, 0.4) is 0 Å². The average Bonchev–Trinajstić information content (AvgIpc) is 2.64. The maximum atomic E-state index is 12.1. The van der Waals surface area contributed by atoms with Crippen LogP contribution in [0.5, 0.6) is 0 Å². The van der Waals surface area contributed by atoms with E-state index >= 15 is 0 Å². The highest BCUT2D eigenvalue weighted by Crippen LogP contribution is 2.49. The largest absolute Gasteiger partial charge is 0.481 e. The lowest BCUT2D eigenvalue weighted by atomic mass is 9.61. The first kappa shape index (κ1) is 20.7. The summed E-state index contributed by atoms with van der Waals surface area (Å²) in [4.78, 5) is 12.1. The first-order chi connectivity index (χ1) is 12.1. The summed E-state index contributed by atoms with van der Waals surface area (Å²) < 4.78 is 11.9. The Bertz CT molecular complexity index is 379. The summed E-state index contributed by atoms with van der Waals surface area (Å²) in [6, 6.07) is 0. The van der Waals surface area contributed by atoms with Crippen LogP contribution in [-0.4, -0.2) is 36.5 Å². The van der Waals surface area contributed by atoms with Gasteiger partial charge in [-0.05, 0) is 70.1 Å². The number of aliphatic carboxylic acids is 1. The number of carbonyl (C=O) groups is 1. The fourth-order valence-electron chi connectivity index (χ4n) is 4.74. The number of rotatable bonds is 10. The Balaban J connectivity index is 1.81. The van der Waals surface area contributed by atoms with Gasteiger partial charge in [0.15, 0.2) is 0 Å². The molecule has 0 heterocycles. The van der Waals surface area contributed by atoms with Gasteiger partial charge < -0.3 is 14.6 Å². The third kappa shape index (κ3) is 5.68. The van der Waals surface area contributed by atoms with E-state index in [1.165, 1.54) is 12.8 Å². The van der Waals surface area contributed by atoms with Crippen LogP contribution in [0.2, 0.25) is 0 Å². The van der Waals surface area contributed by atoms with Crippen molar-refractivity contribution in [2.75, 3.05) is 13.2 Å². The molecule has 0 atom stereocenters. The van der Waals surface area contributed by atoms with Gasteiger partial charge in [-0.25, -0.2) is 0 Å². The van der Waals surface area contributed by atoms with E-state index < -0.39 is 11.4 Å². The summed E-state index contributed by atoms with van der Waals surface area (Å²) in [6.45, 7) is 5.99. The second-order valence-electron chi connectivity index (χ2n) is 8.08. The summed E-state index contributed by atoms with van der Waals surface area (Å²) in [7, 11) is 0. The zero-order valence-corrected chi connectivity index (χ0v) is 16.3. The van der Waals surface area contributed by atoms with E-state index in [4.69, 9.17) is 9.47 Å². The van der Waals surface area contributed by atoms with Gasteiger partial charge in [-0.2, -0.15) is 0 Å². The van der Waals surface area contributed by atoms with Crippen molar-refractivity contribution in [3.63, 3.8) is 0 Å². The van der Waals surface area contributed by atoms with Crippen LogP contribution in [0.15, 0.2) is 0 Å². The number of carboxylic acid groups (broad SMARTS) is 1. The molecule has 0 bridgehead atoms. The summed E-state index contributed by atoms with van der Waals surface area (Å²) in [6.07, 6.45) is 12.7. The first-order valence-electron chi connectivity index (χ1n) is 10.6. The number of unbranched alkanes of at least 4 members (excludes halogenated alkanes) is 2. The third-order valence-electron chi connectivity index (χ3n) is 6.37. The molecule has 2 saturated carbocycles. The molecule has 0 amide bonds. The predicted octanol–water partition coefficient (Wildman–Crippen LogP) is 5.19. The topological polar surface area (TPSA) is 55.8 Å². The summed E-state index contributed by atoms with van der Waals surface area (Å²) >= 11 is 0. The highest BCUT2D eigenvalue weighted by atomic mass is 16.5. The molecule has 1 N–H and O–H groups in total. The fourth-order valence-corrected chi connectivity index (χ4v) is 4.74. The Labute approximate surface area is 153 Å². The van der Waals surface area contributed by atoms with Crippen molar-refractivity contribution in [3.8, 4) is 0 Å². The quantitative estimate of drug-likeness (QED) is 0.548. The van der Waals surface area contributed by atoms with E-state index in [1.54, 1.807) is 0 Å². The van der Waals surface area contributed by atoms with Crippen LogP contribution in [0.25, 0.3) is 0 Å². The summed E-state index contributed by atoms with van der Waals surface area (Å²) in [5, 5.41) is 10.00. The standard InChI is InChI=1S/C21H38O4/c1-3-5-6-16-25-18-9-7-17(8-10-18)21(20(22)23)13-11-19(12-14-21)24-15-4-2/h17-19H,3-16H2,1-2H3,(H,22,23). The maximum Gasteiger partial charge on any atom is 0.309 e. The molecule has 0 aliphatic heterocycles. The molecule has 25 heavy (non-hydrogen) atoms. The van der Waals surface area contributed by atoms with Crippen LogP contribution < -0.4 is 0 Å². The molecule has 0 aromatic heterocycles. The first-order valence-corrected chi connectivity index (χ1v) is 10.6. The molecule has 0 aromatic rings. The molecule has 2 rings (SSSR count). The van der Waals surface area contributed by atoms with Gasteiger partial charge in [-0.3, -0.25) is 4.79 Å². The van der Waals surface area contributed by atoms with Gasteiger partial charge in [0, 0.05) is 13.2 Å². The lowest BCUT2D eigenvalue weighted by Gasteiger charge is -2.44. The zero-order chi connectivity index (χ0) is 18.1. The normalized spacial score (nSPS) is 33.3. The van der Waals surface area contributed by atoms with Crippen molar-refractivity contribution in [2.45, 2.75) is 103 Å². The van der Waals surface area contributed by atoms with Gasteiger partial charge in [0.2, 0.25) is 0 Å². The van der Waals surface area contributed by atoms with E-state index in [0.717, 1.165) is 77.4 Å². The molecule has 0 spiro atoms. The van der Waals surface area contributed by atoms with E-state index in [-0.39, 0.29) is 6.10 Å². The van der Waals surface area contributed by atoms with Crippen LogP contribution in [0, 0.1) is 11.3 Å². The lowest BCUT2D eigenvalue weighted by molar-refractivity contribution is -0.160. The minimum atomic E-state index is -0.575. The molecule has 146 valence electrons. The maximum absolute atomic E-state index is 12.1. The fraction of sp³-hybridized carbons (Fsp3) is 0.952. The highest BCUT2D eigenvalue weighted by molar-refractivity contribution is 5.75. The molecule has 0 saturated heterocycles. The SMILES string of the molecule is CCCCCOC1CCC(C2(C(=O)O)CCC(OCCC)CC2)CC1. The minimum Gasteiger partial charge on any atom is -0.481 e. The number of ether oxygens (including phenoxy) is 2. The Kier molecular flexibility index (Phi) is 8.71. The minimum absolute atomic E-state index is 0.269. The second-order valence-corrected chi connectivity index (χ2v) is 8.08. The third-order valence-corrected chi connectivity index (χ3v) is 6.37. The highest BCUT2D eigenvalue weighted by Gasteiger charge is 2.48. The Morgan fingerprint density at radius 2 is 1.48 bits per heavy atom. The molecule has 2 fully saturated rings. The zero-order valence-electron chi connectivity index (χ0n) is 16.3. The molecule has 2 aliphatic rings. The predicted molar refractivity (Wildman–Crippen MR) is 99.8 cm³/mol. The molecule has 4 nitrogen and oxygen atoms in total. The van der Waals surface area contributed by atoms with Gasteiger partial charge in [0.25, 0.3) is 0 Å². The molecular weight excluding hydrogens is 316 g/mol. The lowest BCUT2D eigenvalue weighted by Crippen LogP contribution is -2.45. The van der Waals surface area contributed by atoms with Crippen LogP contribution >= 0.6 is 0 Å². The second kappa shape index (κ2) is 10.5. The van der Waals surface area contributed by atoms with Crippen molar-refractivity contribution in [3.05, 3.63) is 0 Å². The number of hydrogen-bond donors (Lipinski definition) is 1. The van der Waals surface area contributed by atoms with Gasteiger partial charge in [-0.1, -0.05) is 26.7 Å². The van der Waals surface area contributed by atoms with E-state index in [1.807, 2.05) is 0 Å². The van der Waals surface area contributed by atoms with E-state index in [9.17, 15) is 9.90 Å². The molecule has 2 aliphatic carbocycles. The van der Waals surface area contributed by atoms with Crippen molar-refractivity contribution in [1.29, 1.82) is 0 Å². The summed E-state index contributed by atoms with van der Waals surface area (Å²) in [5.74, 6) is -0.263. The summed E-state index contributed by atoms with van der Waals surface area (Å²) in [5.41, 5.74) is -0.515. The van der Waals surface area contributed by atoms with Crippen LogP contribution in [0.1, 0.15) is 90.9 Å². The monoisotopic (exact) mass is 354 g/mol. The van der Waals surface area contributed by atoms with E-state index in [2.05, 4.69) is 13.8 Å². The van der Waals surface area contributed by atoms with Crippen molar-refractivity contribution < 1.29 is 19.4 Å². The van der Waals surface area contributed by atoms with Crippen molar-refractivity contribution >= 4 is 5.97 Å². The van der Waals surface area contributed by atoms with Gasteiger partial charge in [0.05, 0.1) is 17.6 Å². The van der Waals surface area contributed by atoms with Crippen LogP contribution in [0.4, 0.5) is 0 Å². The van der Waals surface area contributed by atoms with Gasteiger partial charge in [-0.15, -0.1) is 0 Å². The van der Waals surface area contributed by atoms with E-state index in [0.29, 0.717) is 12.0 Å². The Morgan fingerprint density at radius 3 is 2.04 bits per heavy atom. The van der Waals surface area contributed by atoms with Gasteiger partial charge in [0.1, 0.15) is 0 Å². The number of hydrogen-bond acceptors (Lipinski definition) is 3. The average molecular weight is 355 g/mol.